The second-order valence-electron chi connectivity index (χ2n) is 8.62. The van der Waals surface area contributed by atoms with E-state index in [0.29, 0.717) is 17.8 Å². The Morgan fingerprint density at radius 2 is 1.64 bits per heavy atom. The number of sulfone groups is 1. The Morgan fingerprint density at radius 1 is 1.00 bits per heavy atom. The fourth-order valence-electron chi connectivity index (χ4n) is 3.22. The van der Waals surface area contributed by atoms with E-state index in [0.717, 1.165) is 10.7 Å². The van der Waals surface area contributed by atoms with Gasteiger partial charge >= 0.3 is 6.18 Å². The molecule has 3 rings (SSSR count). The number of Topliss-reactive ketones (excluding diaryl/α,β-unsaturated/α-hetero) is 1. The van der Waals surface area contributed by atoms with Crippen molar-refractivity contribution in [2.75, 3.05) is 5.75 Å². The van der Waals surface area contributed by atoms with E-state index in [4.69, 9.17) is 0 Å². The van der Waals surface area contributed by atoms with Crippen molar-refractivity contribution in [3.63, 3.8) is 0 Å². The molecule has 0 aliphatic heterocycles. The molecule has 0 aliphatic carbocycles. The molecule has 0 unspecified atom stereocenters. The van der Waals surface area contributed by atoms with Gasteiger partial charge < -0.3 is 0 Å². The first-order chi connectivity index (χ1) is 15.2. The highest BCUT2D eigenvalue weighted by Gasteiger charge is 2.34. The average Bonchev–Trinajstić information content (AvgIpc) is 3.12. The van der Waals surface area contributed by atoms with Crippen molar-refractivity contribution in [3.05, 3.63) is 82.9 Å². The Balaban J connectivity index is 2.05. The molecule has 0 radical (unpaired) electrons. The molecule has 0 spiro atoms. The van der Waals surface area contributed by atoms with Gasteiger partial charge in [-0.25, -0.2) is 12.8 Å². The minimum absolute atomic E-state index is 0.0510. The highest BCUT2D eigenvalue weighted by Crippen LogP contribution is 2.33. The number of ketones is 1. The lowest BCUT2D eigenvalue weighted by molar-refractivity contribution is -0.138. The van der Waals surface area contributed by atoms with Crippen molar-refractivity contribution in [2.45, 2.75) is 43.8 Å². The normalized spacial score (nSPS) is 12.7. The number of nitrogens with zero attached hydrogens (tertiary/aromatic N) is 2. The van der Waals surface area contributed by atoms with Crippen LogP contribution in [-0.4, -0.2) is 29.7 Å². The molecule has 0 fully saturated rings. The maximum Gasteiger partial charge on any atom is 0.416 e. The van der Waals surface area contributed by atoms with Gasteiger partial charge in [0.1, 0.15) is 17.3 Å². The SMILES string of the molecule is CC(C)(C)c1cc(C(=O)CS(=O)(=O)c2ccccc2)n(Cc2cc(F)ccc2C(F)(F)F)n1. The largest absolute Gasteiger partial charge is 0.416 e. The number of aromatic nitrogens is 2. The third-order valence-corrected chi connectivity index (χ3v) is 6.58. The molecule has 176 valence electrons. The van der Waals surface area contributed by atoms with E-state index in [-0.39, 0.29) is 10.6 Å². The summed E-state index contributed by atoms with van der Waals surface area (Å²) in [6.45, 7) is 4.81. The number of carbonyl (C=O) groups is 1. The number of halogens is 4. The predicted octanol–water partition coefficient (Wildman–Crippen LogP) is 5.04. The van der Waals surface area contributed by atoms with Gasteiger partial charge in [0.05, 0.1) is 22.7 Å². The summed E-state index contributed by atoms with van der Waals surface area (Å²) in [7, 11) is -3.99. The standard InChI is InChI=1S/C23H22F4N2O3S/c1-22(2,3)21-12-19(20(30)14-33(31,32)17-7-5-4-6-8-17)29(28-21)13-15-11-16(24)9-10-18(15)23(25,26)27/h4-12H,13-14H2,1-3H3. The number of alkyl halides is 3. The van der Waals surface area contributed by atoms with Crippen molar-refractivity contribution >= 4 is 15.6 Å². The summed E-state index contributed by atoms with van der Waals surface area (Å²) in [5.41, 5.74) is -1.85. The predicted molar refractivity (Wildman–Crippen MR) is 114 cm³/mol. The van der Waals surface area contributed by atoms with Crippen LogP contribution < -0.4 is 0 Å². The first-order valence-corrected chi connectivity index (χ1v) is 11.6. The molecule has 1 aromatic heterocycles. The number of hydrogen-bond acceptors (Lipinski definition) is 4. The van der Waals surface area contributed by atoms with Crippen molar-refractivity contribution in [2.24, 2.45) is 0 Å². The van der Waals surface area contributed by atoms with Gasteiger partial charge in [-0.3, -0.25) is 9.48 Å². The molecule has 0 atom stereocenters. The summed E-state index contributed by atoms with van der Waals surface area (Å²) in [5.74, 6) is -2.59. The quantitative estimate of drug-likeness (QED) is 0.365. The van der Waals surface area contributed by atoms with E-state index in [1.54, 1.807) is 26.8 Å². The van der Waals surface area contributed by atoms with Crippen LogP contribution in [0.4, 0.5) is 17.6 Å². The summed E-state index contributed by atoms with van der Waals surface area (Å²) in [4.78, 5) is 12.9. The third-order valence-electron chi connectivity index (χ3n) is 4.95. The minimum Gasteiger partial charge on any atom is -0.291 e. The van der Waals surface area contributed by atoms with E-state index in [1.807, 2.05) is 0 Å². The summed E-state index contributed by atoms with van der Waals surface area (Å²) in [6, 6.07) is 10.8. The maximum atomic E-state index is 13.8. The number of hydrogen-bond donors (Lipinski definition) is 0. The molecule has 3 aromatic rings. The summed E-state index contributed by atoms with van der Waals surface area (Å²) in [6.07, 6.45) is -4.75. The Hall–Kier alpha value is -3.01. The lowest BCUT2D eigenvalue weighted by Gasteiger charge is -2.15. The van der Waals surface area contributed by atoms with Gasteiger partial charge in [0.2, 0.25) is 0 Å². The van der Waals surface area contributed by atoms with Gasteiger partial charge in [0.25, 0.3) is 0 Å². The molecular weight excluding hydrogens is 460 g/mol. The van der Waals surface area contributed by atoms with Gasteiger partial charge in [-0.1, -0.05) is 39.0 Å². The summed E-state index contributed by atoms with van der Waals surface area (Å²) in [5, 5.41) is 4.26. The molecule has 0 aliphatic rings. The van der Waals surface area contributed by atoms with Crippen LogP contribution >= 0.6 is 0 Å². The summed E-state index contributed by atoms with van der Waals surface area (Å²) < 4.78 is 80.5. The van der Waals surface area contributed by atoms with Crippen molar-refractivity contribution in [1.82, 2.24) is 9.78 Å². The fourth-order valence-corrected chi connectivity index (χ4v) is 4.45. The van der Waals surface area contributed by atoms with E-state index in [1.165, 1.54) is 30.3 Å². The molecular formula is C23H22F4N2O3S. The second-order valence-corrected chi connectivity index (χ2v) is 10.6. The van der Waals surface area contributed by atoms with Gasteiger partial charge in [0, 0.05) is 5.41 Å². The Morgan fingerprint density at radius 3 is 2.21 bits per heavy atom. The van der Waals surface area contributed by atoms with Crippen molar-refractivity contribution in [1.29, 1.82) is 0 Å². The highest BCUT2D eigenvalue weighted by molar-refractivity contribution is 7.92. The fraction of sp³-hybridized carbons (Fsp3) is 0.304. The minimum atomic E-state index is -4.75. The van der Waals surface area contributed by atoms with Crippen molar-refractivity contribution < 1.29 is 30.8 Å². The molecule has 2 aromatic carbocycles. The van der Waals surface area contributed by atoms with Gasteiger partial charge in [-0.05, 0) is 42.0 Å². The summed E-state index contributed by atoms with van der Waals surface area (Å²) >= 11 is 0. The van der Waals surface area contributed by atoms with Crippen LogP contribution in [0.5, 0.6) is 0 Å². The zero-order valence-corrected chi connectivity index (χ0v) is 19.0. The molecule has 10 heteroatoms. The second kappa shape index (κ2) is 8.74. The molecule has 0 saturated heterocycles. The average molecular weight is 482 g/mol. The lowest BCUT2D eigenvalue weighted by atomic mass is 9.92. The lowest BCUT2D eigenvalue weighted by Crippen LogP contribution is -2.21. The van der Waals surface area contributed by atoms with Crippen LogP contribution in [-0.2, 0) is 28.0 Å². The Labute approximate surface area is 189 Å². The topological polar surface area (TPSA) is 69.0 Å². The van der Waals surface area contributed by atoms with E-state index < -0.39 is 56.5 Å². The highest BCUT2D eigenvalue weighted by atomic mass is 32.2. The molecule has 1 heterocycles. The number of benzene rings is 2. The number of carbonyl (C=O) groups excluding carboxylic acids is 1. The zero-order valence-electron chi connectivity index (χ0n) is 18.1. The zero-order chi connectivity index (χ0) is 24.6. The third kappa shape index (κ3) is 5.68. The molecule has 5 nitrogen and oxygen atoms in total. The van der Waals surface area contributed by atoms with Crippen LogP contribution in [0.15, 0.2) is 59.5 Å². The molecule has 0 bridgehead atoms. The van der Waals surface area contributed by atoms with Gasteiger partial charge in [0.15, 0.2) is 15.6 Å². The first-order valence-electron chi connectivity index (χ1n) is 9.93. The molecule has 0 amide bonds. The maximum absolute atomic E-state index is 13.8. The molecule has 0 N–H and O–H groups in total. The number of rotatable bonds is 6. The van der Waals surface area contributed by atoms with Gasteiger partial charge in [-0.2, -0.15) is 18.3 Å². The monoisotopic (exact) mass is 482 g/mol. The van der Waals surface area contributed by atoms with Crippen LogP contribution in [0.3, 0.4) is 0 Å². The Bertz CT molecular complexity index is 1280. The van der Waals surface area contributed by atoms with Crippen molar-refractivity contribution in [3.8, 4) is 0 Å². The van der Waals surface area contributed by atoms with E-state index in [2.05, 4.69) is 5.10 Å². The van der Waals surface area contributed by atoms with E-state index in [9.17, 15) is 30.8 Å². The van der Waals surface area contributed by atoms with Crippen LogP contribution in [0, 0.1) is 5.82 Å². The Kier molecular flexibility index (Phi) is 6.52. The smallest absolute Gasteiger partial charge is 0.291 e. The molecule has 0 saturated carbocycles. The van der Waals surface area contributed by atoms with E-state index >= 15 is 0 Å². The van der Waals surface area contributed by atoms with Crippen LogP contribution in [0.1, 0.15) is 48.1 Å². The van der Waals surface area contributed by atoms with Gasteiger partial charge in [-0.15, -0.1) is 0 Å². The van der Waals surface area contributed by atoms with Crippen LogP contribution in [0.25, 0.3) is 0 Å². The first kappa shape index (κ1) is 24.6. The van der Waals surface area contributed by atoms with Crippen LogP contribution in [0.2, 0.25) is 0 Å². The molecule has 33 heavy (non-hydrogen) atoms.